The van der Waals surface area contributed by atoms with Crippen LogP contribution in [0.4, 0.5) is 0 Å². The Bertz CT molecular complexity index is 916. The van der Waals surface area contributed by atoms with Crippen LogP contribution in [0.3, 0.4) is 0 Å². The number of nitrogens with one attached hydrogen (secondary N) is 3. The second kappa shape index (κ2) is 9.28. The lowest BCUT2D eigenvalue weighted by Crippen LogP contribution is -2.43. The lowest BCUT2D eigenvalue weighted by atomic mass is 9.91. The van der Waals surface area contributed by atoms with Crippen LogP contribution < -0.4 is 15.4 Å². The molecule has 1 aliphatic carbocycles. The summed E-state index contributed by atoms with van der Waals surface area (Å²) in [5.74, 6) is 0.754. The van der Waals surface area contributed by atoms with Crippen molar-refractivity contribution < 1.29 is 8.42 Å². The van der Waals surface area contributed by atoms with Crippen molar-refractivity contribution in [1.29, 1.82) is 0 Å². The average Bonchev–Trinajstić information content (AvgIpc) is 3.30. The summed E-state index contributed by atoms with van der Waals surface area (Å²) in [6.07, 6.45) is 1.85. The molecule has 6 nitrogen and oxygen atoms in total. The largest absolute Gasteiger partial charge is 0.357 e. The Morgan fingerprint density at radius 2 is 1.90 bits per heavy atom. The summed E-state index contributed by atoms with van der Waals surface area (Å²) in [7, 11) is -3.41. The molecular weight excluding hydrogens is 404 g/mol. The molecule has 8 heteroatoms. The number of hydrogen-bond acceptors (Lipinski definition) is 4. The molecular formula is C21H30N4O2S2. The van der Waals surface area contributed by atoms with Crippen LogP contribution >= 0.6 is 11.3 Å². The highest BCUT2D eigenvalue weighted by atomic mass is 32.2. The van der Waals surface area contributed by atoms with Gasteiger partial charge in [-0.05, 0) is 48.9 Å². The molecule has 1 aromatic heterocycles. The molecule has 1 aliphatic rings. The van der Waals surface area contributed by atoms with Gasteiger partial charge in [-0.25, -0.2) is 18.1 Å². The molecule has 0 atom stereocenters. The first kappa shape index (κ1) is 21.8. The zero-order valence-electron chi connectivity index (χ0n) is 17.2. The monoisotopic (exact) mass is 434 g/mol. The van der Waals surface area contributed by atoms with Crippen molar-refractivity contribution in [2.24, 2.45) is 4.99 Å². The zero-order chi connectivity index (χ0) is 20.9. The van der Waals surface area contributed by atoms with Crippen molar-refractivity contribution >= 4 is 27.3 Å². The second-order valence-corrected chi connectivity index (χ2v) is 10.6. The number of hydrogen-bond donors (Lipinski definition) is 3. The maximum absolute atomic E-state index is 12.3. The first-order valence-electron chi connectivity index (χ1n) is 9.97. The van der Waals surface area contributed by atoms with Crippen LogP contribution in [0.25, 0.3) is 0 Å². The quantitative estimate of drug-likeness (QED) is 0.418. The number of rotatable bonds is 9. The van der Waals surface area contributed by atoms with E-state index in [1.165, 1.54) is 4.88 Å². The van der Waals surface area contributed by atoms with Crippen LogP contribution in [-0.4, -0.2) is 33.5 Å². The molecule has 0 aliphatic heterocycles. The Morgan fingerprint density at radius 3 is 2.48 bits per heavy atom. The Hall–Kier alpha value is -1.90. The molecule has 2 aromatic rings. The predicted molar refractivity (Wildman–Crippen MR) is 120 cm³/mol. The second-order valence-electron chi connectivity index (χ2n) is 7.95. The molecule has 29 heavy (non-hydrogen) atoms. The van der Waals surface area contributed by atoms with Crippen LogP contribution in [0.15, 0.2) is 51.7 Å². The summed E-state index contributed by atoms with van der Waals surface area (Å²) in [6.45, 7) is 8.48. The molecule has 0 bridgehead atoms. The Balaban J connectivity index is 1.60. The fourth-order valence-corrected chi connectivity index (χ4v) is 4.99. The van der Waals surface area contributed by atoms with Gasteiger partial charge in [-0.3, -0.25) is 0 Å². The van der Waals surface area contributed by atoms with Crippen LogP contribution in [0, 0.1) is 0 Å². The predicted octanol–water partition coefficient (Wildman–Crippen LogP) is 3.22. The Labute approximate surface area is 177 Å². The third-order valence-electron chi connectivity index (χ3n) is 4.78. The normalized spacial score (nSPS) is 15.3. The molecule has 1 aromatic carbocycles. The lowest BCUT2D eigenvalue weighted by molar-refractivity contribution is 0.518. The van der Waals surface area contributed by atoms with Gasteiger partial charge in [0.15, 0.2) is 5.96 Å². The number of sulfonamides is 1. The van der Waals surface area contributed by atoms with Gasteiger partial charge in [0, 0.05) is 29.4 Å². The highest BCUT2D eigenvalue weighted by molar-refractivity contribution is 7.89. The summed E-state index contributed by atoms with van der Waals surface area (Å²) in [5.41, 5.74) is 0.972. The van der Waals surface area contributed by atoms with E-state index in [0.717, 1.165) is 37.5 Å². The summed E-state index contributed by atoms with van der Waals surface area (Å²) in [4.78, 5) is 6.29. The van der Waals surface area contributed by atoms with E-state index in [9.17, 15) is 8.42 Å². The van der Waals surface area contributed by atoms with Crippen LogP contribution in [-0.2, 0) is 22.0 Å². The maximum Gasteiger partial charge on any atom is 0.240 e. The van der Waals surface area contributed by atoms with Gasteiger partial charge >= 0.3 is 0 Å². The zero-order valence-corrected chi connectivity index (χ0v) is 18.9. The average molecular weight is 435 g/mol. The topological polar surface area (TPSA) is 82.6 Å². The number of aliphatic imine (C=N–C) groups is 1. The summed E-state index contributed by atoms with van der Waals surface area (Å²) >= 11 is 1.76. The molecule has 3 rings (SSSR count). The number of thiophene rings is 1. The van der Waals surface area contributed by atoms with Gasteiger partial charge in [0.25, 0.3) is 0 Å². The van der Waals surface area contributed by atoms with E-state index in [-0.39, 0.29) is 11.5 Å². The van der Waals surface area contributed by atoms with Gasteiger partial charge < -0.3 is 10.6 Å². The van der Waals surface area contributed by atoms with Crippen LogP contribution in [0.1, 0.15) is 44.1 Å². The Kier molecular flexibility index (Phi) is 6.97. The van der Waals surface area contributed by atoms with Crippen molar-refractivity contribution in [2.75, 3.05) is 13.1 Å². The van der Waals surface area contributed by atoms with Crippen molar-refractivity contribution in [3.63, 3.8) is 0 Å². The van der Waals surface area contributed by atoms with Crippen molar-refractivity contribution in [2.45, 2.75) is 56.5 Å². The molecule has 3 N–H and O–H groups in total. The smallest absolute Gasteiger partial charge is 0.240 e. The van der Waals surface area contributed by atoms with E-state index in [1.807, 2.05) is 19.1 Å². The van der Waals surface area contributed by atoms with E-state index in [0.29, 0.717) is 11.4 Å². The third-order valence-corrected chi connectivity index (χ3v) is 7.55. The van der Waals surface area contributed by atoms with Gasteiger partial charge in [0.05, 0.1) is 11.4 Å². The number of guanidine groups is 1. The molecule has 0 amide bonds. The van der Waals surface area contributed by atoms with Crippen molar-refractivity contribution in [3.05, 3.63) is 52.2 Å². The molecule has 1 heterocycles. The Morgan fingerprint density at radius 1 is 1.17 bits per heavy atom. The van der Waals surface area contributed by atoms with Gasteiger partial charge in [-0.1, -0.05) is 32.0 Å². The first-order valence-corrected chi connectivity index (χ1v) is 12.3. The maximum atomic E-state index is 12.3. The van der Waals surface area contributed by atoms with Crippen molar-refractivity contribution in [1.82, 2.24) is 15.4 Å². The lowest BCUT2D eigenvalue weighted by Gasteiger charge is -2.25. The molecule has 1 fully saturated rings. The molecule has 0 unspecified atom stereocenters. The summed E-state index contributed by atoms with van der Waals surface area (Å²) in [6, 6.07) is 11.3. The minimum absolute atomic E-state index is 0.00885. The summed E-state index contributed by atoms with van der Waals surface area (Å²) in [5, 5.41) is 8.79. The highest BCUT2D eigenvalue weighted by Gasteiger charge is 2.27. The fraction of sp³-hybridized carbons (Fsp3) is 0.476. The molecule has 0 spiro atoms. The van der Waals surface area contributed by atoms with Crippen LogP contribution in [0.2, 0.25) is 0 Å². The van der Waals surface area contributed by atoms with Gasteiger partial charge in [0.2, 0.25) is 10.0 Å². The third kappa shape index (κ3) is 6.29. The molecule has 158 valence electrons. The SMILES string of the molecule is CCNC(=NCc1ccc(S(=O)(=O)NC2CC2)cc1)NCC(C)(C)c1cccs1. The van der Waals surface area contributed by atoms with Gasteiger partial charge in [-0.15, -0.1) is 11.3 Å². The van der Waals surface area contributed by atoms with Crippen molar-refractivity contribution in [3.8, 4) is 0 Å². The van der Waals surface area contributed by atoms with E-state index in [1.54, 1.807) is 23.5 Å². The number of benzene rings is 1. The van der Waals surface area contributed by atoms with E-state index < -0.39 is 10.0 Å². The molecule has 0 saturated heterocycles. The highest BCUT2D eigenvalue weighted by Crippen LogP contribution is 2.26. The van der Waals surface area contributed by atoms with E-state index in [2.05, 4.69) is 51.7 Å². The van der Waals surface area contributed by atoms with E-state index in [4.69, 9.17) is 0 Å². The molecule has 1 saturated carbocycles. The standard InChI is InChI=1S/C21H30N4O2S2/c1-4-22-20(24-15-21(2,3)19-6-5-13-28-19)23-14-16-7-11-18(12-8-16)29(26,27)25-17-9-10-17/h5-8,11-13,17,25H,4,9-10,14-15H2,1-3H3,(H2,22,23,24). The van der Waals surface area contributed by atoms with Crippen LogP contribution in [0.5, 0.6) is 0 Å². The summed E-state index contributed by atoms with van der Waals surface area (Å²) < 4.78 is 27.2. The minimum atomic E-state index is -3.41. The van der Waals surface area contributed by atoms with Gasteiger partial charge in [-0.2, -0.15) is 0 Å². The minimum Gasteiger partial charge on any atom is -0.357 e. The fourth-order valence-electron chi connectivity index (χ4n) is 2.83. The number of nitrogens with zero attached hydrogens (tertiary/aromatic N) is 1. The first-order chi connectivity index (χ1) is 13.8. The van der Waals surface area contributed by atoms with E-state index >= 15 is 0 Å². The van der Waals surface area contributed by atoms with Gasteiger partial charge in [0.1, 0.15) is 0 Å². The molecule has 0 radical (unpaired) electrons.